The lowest BCUT2D eigenvalue weighted by Gasteiger charge is -2.01. The van der Waals surface area contributed by atoms with Crippen molar-refractivity contribution in [3.05, 3.63) is 29.8 Å². The van der Waals surface area contributed by atoms with E-state index in [4.69, 9.17) is 4.74 Å². The zero-order chi connectivity index (χ0) is 8.39. The Morgan fingerprint density at radius 2 is 1.85 bits per heavy atom. The molecule has 0 atom stereocenters. The van der Waals surface area contributed by atoms with Crippen LogP contribution in [0.3, 0.4) is 0 Å². The summed E-state index contributed by atoms with van der Waals surface area (Å²) >= 11 is 0. The van der Waals surface area contributed by atoms with Crippen LogP contribution in [-0.4, -0.2) is 7.11 Å². The molecule has 0 aromatic heterocycles. The lowest BCUT2D eigenvalue weighted by Crippen LogP contribution is -1.87. The molecular weight excluding hydrogens is 162 g/mol. The summed E-state index contributed by atoms with van der Waals surface area (Å²) in [5.74, 6) is 1.92. The Hall–Kier alpha value is -1.02. The molecule has 1 aromatic carbocycles. The van der Waals surface area contributed by atoms with Gasteiger partial charge in [0.25, 0.3) is 0 Å². The van der Waals surface area contributed by atoms with Crippen LogP contribution in [0.2, 0.25) is 0 Å². The molecule has 72 valence electrons. The van der Waals surface area contributed by atoms with Crippen molar-refractivity contribution >= 4 is 0 Å². The molecule has 0 heterocycles. The van der Waals surface area contributed by atoms with Gasteiger partial charge in [-0.2, -0.15) is 0 Å². The standard InChI is InChI=1S/C11H14O.H3N/c1-12-11-6-4-10(5-7-11)8-9-2-3-9;/h4-7,9H,2-3,8H2,1H3;1H3. The van der Waals surface area contributed by atoms with E-state index in [1.165, 1.54) is 24.8 Å². The van der Waals surface area contributed by atoms with Crippen molar-refractivity contribution in [2.75, 3.05) is 7.11 Å². The fraction of sp³-hybridized carbons (Fsp3) is 0.455. The second-order valence-electron chi connectivity index (χ2n) is 3.50. The third kappa shape index (κ3) is 2.74. The lowest BCUT2D eigenvalue weighted by atomic mass is 10.1. The van der Waals surface area contributed by atoms with Gasteiger partial charge in [-0.3, -0.25) is 0 Å². The van der Waals surface area contributed by atoms with E-state index in [0.717, 1.165) is 11.7 Å². The van der Waals surface area contributed by atoms with E-state index in [-0.39, 0.29) is 6.15 Å². The first-order valence-electron chi connectivity index (χ1n) is 4.51. The molecule has 1 aliphatic carbocycles. The summed E-state index contributed by atoms with van der Waals surface area (Å²) in [4.78, 5) is 0. The highest BCUT2D eigenvalue weighted by atomic mass is 16.5. The summed E-state index contributed by atoms with van der Waals surface area (Å²) in [6, 6.07) is 8.41. The van der Waals surface area contributed by atoms with Crippen LogP contribution in [0.15, 0.2) is 24.3 Å². The van der Waals surface area contributed by atoms with Crippen LogP contribution in [0.1, 0.15) is 18.4 Å². The van der Waals surface area contributed by atoms with Crippen molar-refractivity contribution in [3.63, 3.8) is 0 Å². The third-order valence-corrected chi connectivity index (χ3v) is 2.38. The van der Waals surface area contributed by atoms with E-state index in [0.29, 0.717) is 0 Å². The molecule has 0 saturated heterocycles. The van der Waals surface area contributed by atoms with Crippen molar-refractivity contribution in [1.29, 1.82) is 0 Å². The van der Waals surface area contributed by atoms with Crippen molar-refractivity contribution < 1.29 is 4.74 Å². The molecule has 1 fully saturated rings. The molecule has 2 nitrogen and oxygen atoms in total. The molecular formula is C11H17NO. The summed E-state index contributed by atoms with van der Waals surface area (Å²) in [6.45, 7) is 0. The summed E-state index contributed by atoms with van der Waals surface area (Å²) in [6.07, 6.45) is 4.10. The maximum absolute atomic E-state index is 5.09. The minimum atomic E-state index is 0. The van der Waals surface area contributed by atoms with Gasteiger partial charge >= 0.3 is 0 Å². The molecule has 0 bridgehead atoms. The van der Waals surface area contributed by atoms with Crippen molar-refractivity contribution in [2.24, 2.45) is 5.92 Å². The number of rotatable bonds is 3. The SMILES string of the molecule is COc1ccc(CC2CC2)cc1.N. The lowest BCUT2D eigenvalue weighted by molar-refractivity contribution is 0.414. The Labute approximate surface area is 79.5 Å². The van der Waals surface area contributed by atoms with Crippen LogP contribution in [0.25, 0.3) is 0 Å². The fourth-order valence-corrected chi connectivity index (χ4v) is 1.42. The zero-order valence-corrected chi connectivity index (χ0v) is 8.12. The van der Waals surface area contributed by atoms with Gasteiger partial charge in [0, 0.05) is 0 Å². The van der Waals surface area contributed by atoms with Gasteiger partial charge in [0.2, 0.25) is 0 Å². The van der Waals surface area contributed by atoms with E-state index in [2.05, 4.69) is 12.1 Å². The van der Waals surface area contributed by atoms with Crippen molar-refractivity contribution in [3.8, 4) is 5.75 Å². The maximum Gasteiger partial charge on any atom is 0.118 e. The van der Waals surface area contributed by atoms with Crippen LogP contribution in [-0.2, 0) is 6.42 Å². The number of hydrogen-bond donors (Lipinski definition) is 1. The monoisotopic (exact) mass is 179 g/mol. The normalized spacial score (nSPS) is 14.8. The molecule has 0 unspecified atom stereocenters. The fourth-order valence-electron chi connectivity index (χ4n) is 1.42. The quantitative estimate of drug-likeness (QED) is 0.775. The Kier molecular flexibility index (Phi) is 3.32. The van der Waals surface area contributed by atoms with Crippen LogP contribution < -0.4 is 10.9 Å². The Bertz CT molecular complexity index is 251. The topological polar surface area (TPSA) is 44.2 Å². The van der Waals surface area contributed by atoms with Gasteiger partial charge in [-0.25, -0.2) is 0 Å². The maximum atomic E-state index is 5.09. The number of hydrogen-bond acceptors (Lipinski definition) is 2. The molecule has 1 aromatic rings. The highest BCUT2D eigenvalue weighted by molar-refractivity contribution is 5.27. The molecule has 2 heteroatoms. The van der Waals surface area contributed by atoms with Crippen molar-refractivity contribution in [1.82, 2.24) is 6.15 Å². The molecule has 2 rings (SSSR count). The van der Waals surface area contributed by atoms with E-state index < -0.39 is 0 Å². The van der Waals surface area contributed by atoms with E-state index >= 15 is 0 Å². The largest absolute Gasteiger partial charge is 0.497 e. The number of benzene rings is 1. The van der Waals surface area contributed by atoms with Crippen LogP contribution in [0.4, 0.5) is 0 Å². The molecule has 3 N–H and O–H groups in total. The zero-order valence-electron chi connectivity index (χ0n) is 8.12. The average Bonchev–Trinajstić information content (AvgIpc) is 2.90. The van der Waals surface area contributed by atoms with Crippen LogP contribution in [0, 0.1) is 5.92 Å². The summed E-state index contributed by atoms with van der Waals surface area (Å²) in [7, 11) is 1.70. The first-order valence-corrected chi connectivity index (χ1v) is 4.51. The molecule has 0 amide bonds. The van der Waals surface area contributed by atoms with E-state index in [1.54, 1.807) is 7.11 Å². The average molecular weight is 179 g/mol. The molecule has 1 aliphatic rings. The van der Waals surface area contributed by atoms with Crippen molar-refractivity contribution in [2.45, 2.75) is 19.3 Å². The smallest absolute Gasteiger partial charge is 0.118 e. The predicted octanol–water partition coefficient (Wildman–Crippen LogP) is 2.81. The molecule has 0 aliphatic heterocycles. The van der Waals surface area contributed by atoms with Gasteiger partial charge in [-0.1, -0.05) is 12.1 Å². The molecule has 1 saturated carbocycles. The van der Waals surface area contributed by atoms with Gasteiger partial charge in [0.1, 0.15) is 5.75 Å². The summed E-state index contributed by atoms with van der Waals surface area (Å²) in [5.41, 5.74) is 1.44. The van der Waals surface area contributed by atoms with Gasteiger partial charge in [-0.15, -0.1) is 0 Å². The molecule has 13 heavy (non-hydrogen) atoms. The first-order chi connectivity index (χ1) is 5.88. The molecule has 0 spiro atoms. The second-order valence-corrected chi connectivity index (χ2v) is 3.50. The Balaban J connectivity index is 0.000000845. The van der Waals surface area contributed by atoms with Gasteiger partial charge in [0.05, 0.1) is 7.11 Å². The second kappa shape index (κ2) is 4.28. The van der Waals surface area contributed by atoms with Gasteiger partial charge in [0.15, 0.2) is 0 Å². The Morgan fingerprint density at radius 1 is 1.23 bits per heavy atom. The third-order valence-electron chi connectivity index (χ3n) is 2.38. The Morgan fingerprint density at radius 3 is 2.31 bits per heavy atom. The summed E-state index contributed by atoms with van der Waals surface area (Å²) in [5, 5.41) is 0. The van der Waals surface area contributed by atoms with Crippen LogP contribution >= 0.6 is 0 Å². The summed E-state index contributed by atoms with van der Waals surface area (Å²) < 4.78 is 5.09. The minimum absolute atomic E-state index is 0. The van der Waals surface area contributed by atoms with E-state index in [1.807, 2.05) is 12.1 Å². The first kappa shape index (κ1) is 10.1. The highest BCUT2D eigenvalue weighted by Gasteiger charge is 2.21. The highest BCUT2D eigenvalue weighted by Crippen LogP contribution is 2.32. The minimum Gasteiger partial charge on any atom is -0.497 e. The number of methoxy groups -OCH3 is 1. The number of ether oxygens (including phenoxy) is 1. The van der Waals surface area contributed by atoms with E-state index in [9.17, 15) is 0 Å². The van der Waals surface area contributed by atoms with Gasteiger partial charge in [-0.05, 0) is 42.9 Å². The van der Waals surface area contributed by atoms with Gasteiger partial charge < -0.3 is 10.9 Å². The predicted molar refractivity (Wildman–Crippen MR) is 54.4 cm³/mol. The van der Waals surface area contributed by atoms with Crippen LogP contribution in [0.5, 0.6) is 5.75 Å². The molecule has 0 radical (unpaired) electrons.